The summed E-state index contributed by atoms with van der Waals surface area (Å²) in [5.41, 5.74) is 3.59. The van der Waals surface area contributed by atoms with Crippen molar-refractivity contribution in [2.75, 3.05) is 10.2 Å². The fourth-order valence-electron chi connectivity index (χ4n) is 4.73. The van der Waals surface area contributed by atoms with E-state index in [0.717, 1.165) is 29.9 Å². The van der Waals surface area contributed by atoms with Gasteiger partial charge in [-0.15, -0.1) is 0 Å². The van der Waals surface area contributed by atoms with E-state index >= 15 is 0 Å². The molecule has 0 fully saturated rings. The largest absolute Gasteiger partial charge is 0.357 e. The van der Waals surface area contributed by atoms with Crippen molar-refractivity contribution in [1.29, 1.82) is 0 Å². The number of ketones is 1. The number of amides is 1. The van der Waals surface area contributed by atoms with Gasteiger partial charge in [0.15, 0.2) is 5.78 Å². The van der Waals surface area contributed by atoms with Crippen molar-refractivity contribution in [3.8, 4) is 0 Å². The van der Waals surface area contributed by atoms with Crippen LogP contribution in [0.15, 0.2) is 53.7 Å². The number of Topliss-reactive ketones (excluding diaryl/α,β-unsaturated/α-hetero) is 1. The second-order valence-electron chi connectivity index (χ2n) is 9.41. The summed E-state index contributed by atoms with van der Waals surface area (Å²) in [5.74, 6) is 0.0179. The van der Waals surface area contributed by atoms with Crippen LogP contribution in [0.25, 0.3) is 0 Å². The van der Waals surface area contributed by atoms with Gasteiger partial charge in [0.1, 0.15) is 0 Å². The molecule has 0 saturated heterocycles. The third kappa shape index (κ3) is 4.31. The standard InChI is InChI=1S/C26H28Cl2N2O2/c1-4-5-10-23(32)30-21-9-7-6-8-19(21)29-20-14-26(2,3)15-22(31)24(20)25(30)17-12-11-16(27)13-18(17)28/h6-9,11-13,25,29H,4-5,10,14-15H2,1-3H3/t25-/m0/s1. The van der Waals surface area contributed by atoms with E-state index < -0.39 is 6.04 Å². The maximum atomic E-state index is 13.6. The molecule has 1 aliphatic carbocycles. The lowest BCUT2D eigenvalue weighted by atomic mass is 9.73. The summed E-state index contributed by atoms with van der Waals surface area (Å²) < 4.78 is 0. The molecule has 0 saturated carbocycles. The van der Waals surface area contributed by atoms with Gasteiger partial charge in [0.2, 0.25) is 5.91 Å². The Kier molecular flexibility index (Phi) is 6.37. The van der Waals surface area contributed by atoms with Crippen LogP contribution >= 0.6 is 23.2 Å². The first-order valence-corrected chi connectivity index (χ1v) is 11.9. The average Bonchev–Trinajstić information content (AvgIpc) is 2.85. The second kappa shape index (κ2) is 8.92. The molecule has 0 bridgehead atoms. The molecule has 1 aliphatic heterocycles. The molecule has 6 heteroatoms. The number of unbranched alkanes of at least 4 members (excludes halogenated alkanes) is 1. The number of para-hydroxylation sites is 2. The van der Waals surface area contributed by atoms with E-state index in [-0.39, 0.29) is 17.1 Å². The number of nitrogens with one attached hydrogen (secondary N) is 1. The minimum absolute atomic E-state index is 0.0245. The number of carbonyl (C=O) groups excluding carboxylic acids is 2. The molecular weight excluding hydrogens is 443 g/mol. The van der Waals surface area contributed by atoms with Gasteiger partial charge in [0.25, 0.3) is 0 Å². The average molecular weight is 471 g/mol. The molecule has 2 aromatic rings. The minimum atomic E-state index is -0.612. The predicted octanol–water partition coefficient (Wildman–Crippen LogP) is 7.33. The number of carbonyl (C=O) groups is 2. The van der Waals surface area contributed by atoms with Crippen molar-refractivity contribution in [1.82, 2.24) is 0 Å². The maximum Gasteiger partial charge on any atom is 0.227 e. The maximum absolute atomic E-state index is 13.6. The third-order valence-corrected chi connectivity index (χ3v) is 6.73. The van der Waals surface area contributed by atoms with E-state index in [4.69, 9.17) is 23.2 Å². The normalized spacial score (nSPS) is 19.7. The van der Waals surface area contributed by atoms with Crippen molar-refractivity contribution in [3.63, 3.8) is 0 Å². The van der Waals surface area contributed by atoms with Crippen LogP contribution in [-0.2, 0) is 9.59 Å². The van der Waals surface area contributed by atoms with Crippen molar-refractivity contribution >= 4 is 46.3 Å². The highest BCUT2D eigenvalue weighted by atomic mass is 35.5. The van der Waals surface area contributed by atoms with E-state index in [1.165, 1.54) is 0 Å². The van der Waals surface area contributed by atoms with Crippen LogP contribution in [-0.4, -0.2) is 11.7 Å². The molecule has 32 heavy (non-hydrogen) atoms. The van der Waals surface area contributed by atoms with Gasteiger partial charge >= 0.3 is 0 Å². The van der Waals surface area contributed by atoms with Crippen molar-refractivity contribution in [3.05, 3.63) is 69.3 Å². The number of anilines is 2. The van der Waals surface area contributed by atoms with Crippen LogP contribution in [0, 0.1) is 5.41 Å². The quantitative estimate of drug-likeness (QED) is 0.508. The molecule has 4 rings (SSSR count). The van der Waals surface area contributed by atoms with Gasteiger partial charge in [-0.05, 0) is 48.1 Å². The lowest BCUT2D eigenvalue weighted by molar-refractivity contribution is -0.119. The molecule has 0 radical (unpaired) electrons. The smallest absolute Gasteiger partial charge is 0.227 e. The Bertz CT molecular complexity index is 1110. The van der Waals surface area contributed by atoms with Crippen molar-refractivity contribution < 1.29 is 9.59 Å². The van der Waals surface area contributed by atoms with Gasteiger partial charge < -0.3 is 5.32 Å². The van der Waals surface area contributed by atoms with Gasteiger partial charge in [-0.2, -0.15) is 0 Å². The van der Waals surface area contributed by atoms with Crippen LogP contribution in [0.3, 0.4) is 0 Å². The Labute approximate surface area is 199 Å². The van der Waals surface area contributed by atoms with Crippen LogP contribution in [0.4, 0.5) is 11.4 Å². The zero-order valence-electron chi connectivity index (χ0n) is 18.7. The van der Waals surface area contributed by atoms with Gasteiger partial charge in [-0.3, -0.25) is 14.5 Å². The highest BCUT2D eigenvalue weighted by Gasteiger charge is 2.43. The lowest BCUT2D eigenvalue weighted by Crippen LogP contribution is -2.39. The summed E-state index contributed by atoms with van der Waals surface area (Å²) in [6, 6.07) is 12.4. The monoisotopic (exact) mass is 470 g/mol. The van der Waals surface area contributed by atoms with E-state index in [1.807, 2.05) is 30.3 Å². The SMILES string of the molecule is CCCCC(=O)N1c2ccccc2NC2=C(C(=O)CC(C)(C)C2)[C@@H]1c1ccc(Cl)cc1Cl. The highest BCUT2D eigenvalue weighted by Crippen LogP contribution is 2.49. The number of allylic oxidation sites excluding steroid dienone is 1. The molecule has 1 amide bonds. The molecular formula is C26H28Cl2N2O2. The number of rotatable bonds is 4. The number of hydrogen-bond acceptors (Lipinski definition) is 3. The zero-order valence-corrected chi connectivity index (χ0v) is 20.2. The number of hydrogen-bond donors (Lipinski definition) is 1. The van der Waals surface area contributed by atoms with Gasteiger partial charge in [-0.1, -0.05) is 68.6 Å². The first-order valence-electron chi connectivity index (χ1n) is 11.1. The van der Waals surface area contributed by atoms with Crippen molar-refractivity contribution in [2.24, 2.45) is 5.41 Å². The molecule has 2 aliphatic rings. The molecule has 0 spiro atoms. The Morgan fingerprint density at radius 3 is 2.62 bits per heavy atom. The Morgan fingerprint density at radius 2 is 1.91 bits per heavy atom. The molecule has 0 aromatic heterocycles. The van der Waals surface area contributed by atoms with E-state index in [9.17, 15) is 9.59 Å². The minimum Gasteiger partial charge on any atom is -0.357 e. The summed E-state index contributed by atoms with van der Waals surface area (Å²) in [6.45, 7) is 6.26. The van der Waals surface area contributed by atoms with E-state index in [1.54, 1.807) is 17.0 Å². The topological polar surface area (TPSA) is 49.4 Å². The van der Waals surface area contributed by atoms with Gasteiger partial charge in [0.05, 0.1) is 17.4 Å². The molecule has 4 nitrogen and oxygen atoms in total. The first-order chi connectivity index (χ1) is 15.2. The molecule has 168 valence electrons. The Balaban J connectivity index is 2.00. The third-order valence-electron chi connectivity index (χ3n) is 6.17. The van der Waals surface area contributed by atoms with Gasteiger partial charge in [0, 0.05) is 34.2 Å². The van der Waals surface area contributed by atoms with Crippen LogP contribution in [0.2, 0.25) is 10.0 Å². The van der Waals surface area contributed by atoms with Crippen LogP contribution < -0.4 is 10.2 Å². The number of fused-ring (bicyclic) bond motifs is 1. The molecule has 1 N–H and O–H groups in total. The highest BCUT2D eigenvalue weighted by molar-refractivity contribution is 6.35. The van der Waals surface area contributed by atoms with E-state index in [2.05, 4.69) is 26.1 Å². The van der Waals surface area contributed by atoms with Crippen LogP contribution in [0.5, 0.6) is 0 Å². The van der Waals surface area contributed by atoms with E-state index in [0.29, 0.717) is 40.4 Å². The number of benzene rings is 2. The summed E-state index contributed by atoms with van der Waals surface area (Å²) in [6.07, 6.45) is 3.21. The fourth-order valence-corrected chi connectivity index (χ4v) is 5.24. The molecule has 1 atom stereocenters. The van der Waals surface area contributed by atoms with Crippen LogP contribution in [0.1, 0.15) is 64.5 Å². The molecule has 1 heterocycles. The predicted molar refractivity (Wildman–Crippen MR) is 131 cm³/mol. The Hall–Kier alpha value is -2.30. The van der Waals surface area contributed by atoms with Crippen molar-refractivity contribution in [2.45, 2.75) is 58.9 Å². The summed E-state index contributed by atoms with van der Waals surface area (Å²) >= 11 is 12.9. The lowest BCUT2D eigenvalue weighted by Gasteiger charge is -2.37. The first kappa shape index (κ1) is 22.9. The fraction of sp³-hybridized carbons (Fsp3) is 0.385. The number of halogens is 2. The second-order valence-corrected chi connectivity index (χ2v) is 10.3. The summed E-state index contributed by atoms with van der Waals surface area (Å²) in [7, 11) is 0. The summed E-state index contributed by atoms with van der Waals surface area (Å²) in [5, 5.41) is 4.47. The Morgan fingerprint density at radius 1 is 1.16 bits per heavy atom. The zero-order chi connectivity index (χ0) is 23.0. The van der Waals surface area contributed by atoms with Gasteiger partial charge in [-0.25, -0.2) is 0 Å². The molecule has 0 unspecified atom stereocenters. The molecule has 2 aromatic carbocycles. The summed E-state index contributed by atoms with van der Waals surface area (Å²) in [4.78, 5) is 29.0. The number of nitrogens with zero attached hydrogens (tertiary/aromatic N) is 1.